The van der Waals surface area contributed by atoms with E-state index in [2.05, 4.69) is 4.90 Å². The van der Waals surface area contributed by atoms with Crippen molar-refractivity contribution < 1.29 is 14.6 Å². The molecule has 1 aliphatic carbocycles. The van der Waals surface area contributed by atoms with Gasteiger partial charge in [-0.2, -0.15) is 0 Å². The zero-order valence-electron chi connectivity index (χ0n) is 13.6. The van der Waals surface area contributed by atoms with Gasteiger partial charge >= 0.3 is 0 Å². The molecule has 1 saturated heterocycles. The van der Waals surface area contributed by atoms with Crippen LogP contribution in [0.25, 0.3) is 0 Å². The van der Waals surface area contributed by atoms with Gasteiger partial charge in [0.1, 0.15) is 0 Å². The van der Waals surface area contributed by atoms with E-state index >= 15 is 0 Å². The minimum atomic E-state index is -0.0405. The van der Waals surface area contributed by atoms with Crippen molar-refractivity contribution in [3.8, 4) is 11.5 Å². The van der Waals surface area contributed by atoms with E-state index in [0.29, 0.717) is 23.2 Å². The first kappa shape index (κ1) is 16.4. The molecule has 1 atom stereocenters. The summed E-state index contributed by atoms with van der Waals surface area (Å²) in [6, 6.07) is 3.98. The van der Waals surface area contributed by atoms with E-state index in [0.717, 1.165) is 31.4 Å². The summed E-state index contributed by atoms with van der Waals surface area (Å²) in [6.45, 7) is 0.855. The van der Waals surface area contributed by atoms with Crippen LogP contribution in [0, 0.1) is 5.92 Å². The molecular weight excluding hydrogens is 314 g/mol. The Balaban J connectivity index is 1.69. The number of methoxy groups -OCH3 is 1. The average Bonchev–Trinajstić information content (AvgIpc) is 2.94. The monoisotopic (exact) mass is 337 g/mol. The average molecular weight is 338 g/mol. The summed E-state index contributed by atoms with van der Waals surface area (Å²) in [5.74, 6) is 0.548. The summed E-state index contributed by atoms with van der Waals surface area (Å²) in [7, 11) is 1.49. The van der Waals surface area contributed by atoms with Crippen LogP contribution < -0.4 is 4.74 Å². The summed E-state index contributed by atoms with van der Waals surface area (Å²) >= 11 is 6.23. The lowest BCUT2D eigenvalue weighted by Crippen LogP contribution is -2.39. The van der Waals surface area contributed by atoms with Crippen LogP contribution in [0.4, 0.5) is 0 Å². The topological polar surface area (TPSA) is 49.8 Å². The van der Waals surface area contributed by atoms with E-state index in [9.17, 15) is 9.90 Å². The van der Waals surface area contributed by atoms with Crippen molar-refractivity contribution in [2.45, 2.75) is 51.0 Å². The Labute approximate surface area is 142 Å². The lowest BCUT2D eigenvalue weighted by atomic mass is 9.94. The second-order valence-electron chi connectivity index (χ2n) is 6.60. The highest BCUT2D eigenvalue weighted by atomic mass is 35.5. The van der Waals surface area contributed by atoms with Gasteiger partial charge in [-0.05, 0) is 37.3 Å². The molecule has 1 aromatic rings. The van der Waals surface area contributed by atoms with Crippen molar-refractivity contribution in [1.29, 1.82) is 0 Å². The summed E-state index contributed by atoms with van der Waals surface area (Å²) in [5.41, 5.74) is 0.814. The van der Waals surface area contributed by atoms with Gasteiger partial charge in [-0.15, -0.1) is 0 Å². The number of halogens is 1. The number of benzene rings is 1. The first-order valence-electron chi connectivity index (χ1n) is 8.46. The Morgan fingerprint density at radius 2 is 2.00 bits per heavy atom. The van der Waals surface area contributed by atoms with Crippen LogP contribution in [0.5, 0.6) is 11.5 Å². The normalized spacial score (nSPS) is 22.6. The molecule has 3 rings (SSSR count). The van der Waals surface area contributed by atoms with Crippen molar-refractivity contribution in [2.75, 3.05) is 13.7 Å². The zero-order chi connectivity index (χ0) is 16.4. The first-order chi connectivity index (χ1) is 11.1. The summed E-state index contributed by atoms with van der Waals surface area (Å²) in [4.78, 5) is 14.8. The summed E-state index contributed by atoms with van der Waals surface area (Å²) in [6.07, 6.45) is 7.50. The molecule has 2 aliphatic rings. The van der Waals surface area contributed by atoms with Gasteiger partial charge in [0.25, 0.3) is 0 Å². The molecule has 1 heterocycles. The van der Waals surface area contributed by atoms with Crippen molar-refractivity contribution in [1.82, 2.24) is 4.90 Å². The number of phenols is 1. The van der Waals surface area contributed by atoms with E-state index in [4.69, 9.17) is 16.3 Å². The molecule has 0 bridgehead atoms. The van der Waals surface area contributed by atoms with Crippen LogP contribution in [0.3, 0.4) is 0 Å². The number of aromatic hydroxyl groups is 1. The van der Waals surface area contributed by atoms with Crippen molar-refractivity contribution in [3.05, 3.63) is 22.7 Å². The third kappa shape index (κ3) is 3.27. The van der Waals surface area contributed by atoms with Crippen LogP contribution in [-0.2, 0) is 11.2 Å². The van der Waals surface area contributed by atoms with Gasteiger partial charge in [0.2, 0.25) is 5.91 Å². The number of carbonyl (C=O) groups excluding carboxylic acids is 1. The fourth-order valence-corrected chi connectivity index (χ4v) is 4.12. The molecule has 4 nitrogen and oxygen atoms in total. The summed E-state index contributed by atoms with van der Waals surface area (Å²) < 4.78 is 5.06. The highest BCUT2D eigenvalue weighted by molar-refractivity contribution is 6.33. The van der Waals surface area contributed by atoms with E-state index in [1.807, 2.05) is 6.07 Å². The van der Waals surface area contributed by atoms with Gasteiger partial charge in [0, 0.05) is 18.5 Å². The molecule has 0 aromatic heterocycles. The Hall–Kier alpha value is -1.42. The molecule has 23 heavy (non-hydrogen) atoms. The van der Waals surface area contributed by atoms with Crippen LogP contribution in [-0.4, -0.2) is 35.6 Å². The molecule has 5 heteroatoms. The maximum absolute atomic E-state index is 12.7. The number of nitrogens with zero attached hydrogens (tertiary/aromatic N) is 1. The van der Waals surface area contributed by atoms with Gasteiger partial charge in [-0.1, -0.05) is 36.9 Å². The number of hydrogen-bond donors (Lipinski definition) is 1. The van der Waals surface area contributed by atoms with Crippen LogP contribution >= 0.6 is 11.6 Å². The fraction of sp³-hybridized carbons (Fsp3) is 0.611. The predicted octanol–water partition coefficient (Wildman–Crippen LogP) is 3.78. The van der Waals surface area contributed by atoms with Crippen molar-refractivity contribution in [3.63, 3.8) is 0 Å². The summed E-state index contributed by atoms with van der Waals surface area (Å²) in [5, 5.41) is 10.3. The third-order valence-corrected chi connectivity index (χ3v) is 5.63. The number of rotatable bonds is 4. The Kier molecular flexibility index (Phi) is 5.00. The second kappa shape index (κ2) is 7.00. The maximum Gasteiger partial charge on any atom is 0.226 e. The number of likely N-dealkylation sites (tertiary alicyclic amines) is 1. The highest BCUT2D eigenvalue weighted by Gasteiger charge is 2.36. The van der Waals surface area contributed by atoms with Crippen molar-refractivity contribution in [2.24, 2.45) is 5.92 Å². The number of phenolic OH excluding ortho intramolecular Hbond substituents is 1. The zero-order valence-corrected chi connectivity index (χ0v) is 14.3. The van der Waals surface area contributed by atoms with Crippen molar-refractivity contribution >= 4 is 17.5 Å². The minimum absolute atomic E-state index is 0.0257. The Bertz CT molecular complexity index is 584. The third-order valence-electron chi connectivity index (χ3n) is 5.21. The highest BCUT2D eigenvalue weighted by Crippen LogP contribution is 2.38. The fourth-order valence-electron chi connectivity index (χ4n) is 3.88. The Morgan fingerprint density at radius 1 is 1.26 bits per heavy atom. The molecule has 0 spiro atoms. The van der Waals surface area contributed by atoms with E-state index in [1.54, 1.807) is 6.07 Å². The molecule has 1 saturated carbocycles. The first-order valence-corrected chi connectivity index (χ1v) is 8.84. The molecule has 126 valence electrons. The van der Waals surface area contributed by atoms with Gasteiger partial charge in [0.05, 0.1) is 12.1 Å². The Morgan fingerprint density at radius 3 is 2.70 bits per heavy atom. The SMILES string of the molecule is COc1ccc(CC2CCN(C3CCCCC3)C2=O)c(Cl)c1O. The van der Waals surface area contributed by atoms with Gasteiger partial charge in [-0.3, -0.25) is 4.79 Å². The van der Waals surface area contributed by atoms with E-state index < -0.39 is 0 Å². The predicted molar refractivity (Wildman–Crippen MR) is 90.1 cm³/mol. The van der Waals surface area contributed by atoms with Gasteiger partial charge in [-0.25, -0.2) is 0 Å². The minimum Gasteiger partial charge on any atom is -0.503 e. The quantitative estimate of drug-likeness (QED) is 0.909. The smallest absolute Gasteiger partial charge is 0.226 e. The van der Waals surface area contributed by atoms with Crippen LogP contribution in [0.2, 0.25) is 5.02 Å². The van der Waals surface area contributed by atoms with Gasteiger partial charge in [0.15, 0.2) is 11.5 Å². The molecule has 1 N–H and O–H groups in total. The number of ether oxygens (including phenoxy) is 1. The molecule has 2 fully saturated rings. The standard InChI is InChI=1S/C18H24ClNO3/c1-23-15-8-7-12(16(19)17(15)21)11-13-9-10-20(18(13)22)14-5-3-2-4-6-14/h7-8,13-14,21H,2-6,9-11H2,1H3. The number of amides is 1. The van der Waals surface area contributed by atoms with E-state index in [-0.39, 0.29) is 17.6 Å². The molecule has 1 aliphatic heterocycles. The molecule has 0 radical (unpaired) electrons. The molecule has 1 unspecified atom stereocenters. The second-order valence-corrected chi connectivity index (χ2v) is 6.98. The molecule has 1 aromatic carbocycles. The lowest BCUT2D eigenvalue weighted by molar-refractivity contribution is -0.133. The lowest BCUT2D eigenvalue weighted by Gasteiger charge is -2.31. The maximum atomic E-state index is 12.7. The van der Waals surface area contributed by atoms with Crippen LogP contribution in [0.15, 0.2) is 12.1 Å². The largest absolute Gasteiger partial charge is 0.503 e. The molecule has 1 amide bonds. The number of hydrogen-bond acceptors (Lipinski definition) is 3. The molecular formula is C18H24ClNO3. The van der Waals surface area contributed by atoms with Crippen LogP contribution in [0.1, 0.15) is 44.1 Å². The number of carbonyl (C=O) groups is 1. The van der Waals surface area contributed by atoms with Gasteiger partial charge < -0.3 is 14.7 Å². The van der Waals surface area contributed by atoms with E-state index in [1.165, 1.54) is 26.4 Å².